The number of esters is 1. The maximum absolute atomic E-state index is 12.3. The summed E-state index contributed by atoms with van der Waals surface area (Å²) in [5, 5.41) is 0. The molecule has 2 rings (SSSR count). The Morgan fingerprint density at radius 2 is 2.04 bits per heavy atom. The van der Waals surface area contributed by atoms with Crippen LogP contribution in [-0.4, -0.2) is 51.8 Å². The van der Waals surface area contributed by atoms with Crippen LogP contribution in [-0.2, 0) is 21.3 Å². The predicted octanol–water partition coefficient (Wildman–Crippen LogP) is 1.93. The summed E-state index contributed by atoms with van der Waals surface area (Å²) >= 11 is 0. The van der Waals surface area contributed by atoms with Gasteiger partial charge in [0.1, 0.15) is 5.60 Å². The molecule has 0 N–H and O–H groups in total. The van der Waals surface area contributed by atoms with Gasteiger partial charge in [0.2, 0.25) is 0 Å². The summed E-state index contributed by atoms with van der Waals surface area (Å²) in [6, 6.07) is 0. The van der Waals surface area contributed by atoms with Crippen molar-refractivity contribution in [3.63, 3.8) is 0 Å². The molecule has 1 fully saturated rings. The monoisotopic (exact) mass is 323 g/mol. The van der Waals surface area contributed by atoms with E-state index in [9.17, 15) is 9.59 Å². The van der Waals surface area contributed by atoms with Crippen LogP contribution in [0.2, 0.25) is 0 Å². The van der Waals surface area contributed by atoms with Crippen molar-refractivity contribution in [3.05, 3.63) is 18.2 Å². The Balaban J connectivity index is 2.18. The fourth-order valence-electron chi connectivity index (χ4n) is 2.69. The average molecular weight is 323 g/mol. The zero-order chi connectivity index (χ0) is 17.2. The molecule has 0 aliphatic carbocycles. The molecule has 7 nitrogen and oxygen atoms in total. The second-order valence-corrected chi connectivity index (χ2v) is 6.81. The lowest BCUT2D eigenvalue weighted by Gasteiger charge is -2.24. The van der Waals surface area contributed by atoms with Gasteiger partial charge in [0, 0.05) is 32.3 Å². The van der Waals surface area contributed by atoms with E-state index in [2.05, 4.69) is 4.98 Å². The molecule has 0 spiro atoms. The minimum Gasteiger partial charge on any atom is -0.466 e. The molecule has 1 aromatic heterocycles. The first-order valence-electron chi connectivity index (χ1n) is 7.83. The molecule has 0 bridgehead atoms. The van der Waals surface area contributed by atoms with Gasteiger partial charge in [-0.25, -0.2) is 9.78 Å². The normalized spacial score (nSPS) is 21.3. The lowest BCUT2D eigenvalue weighted by atomic mass is 9.93. The molecule has 1 amide bonds. The smallest absolute Gasteiger partial charge is 0.410 e. The number of aryl methyl sites for hydroxylation is 1. The maximum atomic E-state index is 12.3. The summed E-state index contributed by atoms with van der Waals surface area (Å²) in [5.74, 6) is -0.894. The van der Waals surface area contributed by atoms with Crippen molar-refractivity contribution in [2.24, 2.45) is 13.0 Å². The number of imidazole rings is 1. The van der Waals surface area contributed by atoms with Crippen LogP contribution in [0, 0.1) is 5.92 Å². The van der Waals surface area contributed by atoms with E-state index in [1.54, 1.807) is 18.2 Å². The summed E-state index contributed by atoms with van der Waals surface area (Å²) in [6.45, 7) is 8.23. The lowest BCUT2D eigenvalue weighted by Crippen LogP contribution is -2.36. The molecule has 0 aromatic carbocycles. The van der Waals surface area contributed by atoms with Crippen LogP contribution >= 0.6 is 0 Å². The Hall–Kier alpha value is -2.05. The van der Waals surface area contributed by atoms with E-state index in [0.29, 0.717) is 13.2 Å². The fraction of sp³-hybridized carbons (Fsp3) is 0.688. The Morgan fingerprint density at radius 1 is 1.35 bits per heavy atom. The van der Waals surface area contributed by atoms with Crippen molar-refractivity contribution in [2.75, 3.05) is 19.7 Å². The third kappa shape index (κ3) is 4.24. The molecule has 1 saturated heterocycles. The van der Waals surface area contributed by atoms with E-state index in [1.165, 1.54) is 0 Å². The van der Waals surface area contributed by atoms with Crippen LogP contribution in [0.15, 0.2) is 12.5 Å². The third-order valence-electron chi connectivity index (χ3n) is 3.67. The first kappa shape index (κ1) is 17.3. The number of carbonyl (C=O) groups excluding carboxylic acids is 2. The van der Waals surface area contributed by atoms with Gasteiger partial charge in [-0.05, 0) is 27.7 Å². The van der Waals surface area contributed by atoms with Gasteiger partial charge in [0.15, 0.2) is 0 Å². The molecule has 23 heavy (non-hydrogen) atoms. The van der Waals surface area contributed by atoms with Crippen molar-refractivity contribution in [2.45, 2.75) is 39.2 Å². The van der Waals surface area contributed by atoms with Crippen LogP contribution < -0.4 is 0 Å². The zero-order valence-corrected chi connectivity index (χ0v) is 14.4. The standard InChI is InChI=1S/C16H25N3O4/c1-6-22-14(20)12-8-19(15(21)23-16(2,3)4)7-11(12)13-9-18(5)10-17-13/h9-12H,6-8H2,1-5H3. The Bertz CT molecular complexity index is 576. The number of amides is 1. The number of hydrogen-bond donors (Lipinski definition) is 0. The Morgan fingerprint density at radius 3 is 2.57 bits per heavy atom. The van der Waals surface area contributed by atoms with Gasteiger partial charge in [-0.1, -0.05) is 0 Å². The molecule has 1 aromatic rings. The topological polar surface area (TPSA) is 73.7 Å². The highest BCUT2D eigenvalue weighted by Gasteiger charge is 2.43. The summed E-state index contributed by atoms with van der Waals surface area (Å²) in [7, 11) is 1.87. The van der Waals surface area contributed by atoms with Crippen molar-refractivity contribution in [1.82, 2.24) is 14.5 Å². The van der Waals surface area contributed by atoms with E-state index in [1.807, 2.05) is 38.6 Å². The number of rotatable bonds is 3. The third-order valence-corrected chi connectivity index (χ3v) is 3.67. The second kappa shape index (κ2) is 6.60. The number of aromatic nitrogens is 2. The van der Waals surface area contributed by atoms with E-state index in [0.717, 1.165) is 5.69 Å². The molecule has 128 valence electrons. The zero-order valence-electron chi connectivity index (χ0n) is 14.4. The van der Waals surface area contributed by atoms with Gasteiger partial charge >= 0.3 is 12.1 Å². The lowest BCUT2D eigenvalue weighted by molar-refractivity contribution is -0.147. The second-order valence-electron chi connectivity index (χ2n) is 6.81. The molecule has 0 radical (unpaired) electrons. The van der Waals surface area contributed by atoms with Crippen molar-refractivity contribution >= 4 is 12.1 Å². The highest BCUT2D eigenvalue weighted by atomic mass is 16.6. The largest absolute Gasteiger partial charge is 0.466 e. The minimum atomic E-state index is -0.570. The van der Waals surface area contributed by atoms with Gasteiger partial charge in [-0.15, -0.1) is 0 Å². The number of nitrogens with zero attached hydrogens (tertiary/aromatic N) is 3. The van der Waals surface area contributed by atoms with E-state index >= 15 is 0 Å². The average Bonchev–Trinajstić information content (AvgIpc) is 3.02. The SMILES string of the molecule is CCOC(=O)C1CN(C(=O)OC(C)(C)C)CC1c1cn(C)cn1. The molecular weight excluding hydrogens is 298 g/mol. The van der Waals surface area contributed by atoms with Crippen LogP contribution in [0.1, 0.15) is 39.3 Å². The first-order valence-corrected chi connectivity index (χ1v) is 7.83. The molecule has 1 aliphatic heterocycles. The molecule has 7 heteroatoms. The predicted molar refractivity (Wildman–Crippen MR) is 83.9 cm³/mol. The molecular formula is C16H25N3O4. The van der Waals surface area contributed by atoms with Crippen LogP contribution in [0.5, 0.6) is 0 Å². The van der Waals surface area contributed by atoms with Gasteiger partial charge in [0.25, 0.3) is 0 Å². The van der Waals surface area contributed by atoms with Gasteiger partial charge in [0.05, 0.1) is 24.5 Å². The summed E-state index contributed by atoms with van der Waals surface area (Å²) < 4.78 is 12.4. The molecule has 0 saturated carbocycles. The Labute approximate surface area is 136 Å². The van der Waals surface area contributed by atoms with Crippen LogP contribution in [0.25, 0.3) is 0 Å². The number of hydrogen-bond acceptors (Lipinski definition) is 5. The highest BCUT2D eigenvalue weighted by molar-refractivity contribution is 5.77. The molecule has 2 heterocycles. The summed E-state index contributed by atoms with van der Waals surface area (Å²) in [6.07, 6.45) is 3.15. The number of ether oxygens (including phenoxy) is 2. The summed E-state index contributed by atoms with van der Waals surface area (Å²) in [4.78, 5) is 30.4. The quantitative estimate of drug-likeness (QED) is 0.795. The van der Waals surface area contributed by atoms with Crippen molar-refractivity contribution < 1.29 is 19.1 Å². The minimum absolute atomic E-state index is 0.178. The van der Waals surface area contributed by atoms with Crippen molar-refractivity contribution in [1.29, 1.82) is 0 Å². The highest BCUT2D eigenvalue weighted by Crippen LogP contribution is 2.33. The Kier molecular flexibility index (Phi) is 4.97. The maximum Gasteiger partial charge on any atom is 0.410 e. The molecule has 1 aliphatic rings. The van der Waals surface area contributed by atoms with Gasteiger partial charge in [-0.2, -0.15) is 0 Å². The molecule has 2 unspecified atom stereocenters. The van der Waals surface area contributed by atoms with E-state index < -0.39 is 17.6 Å². The fourth-order valence-corrected chi connectivity index (χ4v) is 2.69. The first-order chi connectivity index (χ1) is 10.7. The molecule has 2 atom stereocenters. The van der Waals surface area contributed by atoms with E-state index in [-0.39, 0.29) is 18.4 Å². The van der Waals surface area contributed by atoms with Crippen LogP contribution in [0.3, 0.4) is 0 Å². The number of likely N-dealkylation sites (tertiary alicyclic amines) is 1. The summed E-state index contributed by atoms with van der Waals surface area (Å²) in [5.41, 5.74) is 0.219. The van der Waals surface area contributed by atoms with Gasteiger partial charge in [-0.3, -0.25) is 4.79 Å². The number of carbonyl (C=O) groups is 2. The van der Waals surface area contributed by atoms with Gasteiger partial charge < -0.3 is 18.9 Å². The van der Waals surface area contributed by atoms with Crippen molar-refractivity contribution in [3.8, 4) is 0 Å². The van der Waals surface area contributed by atoms with E-state index in [4.69, 9.17) is 9.47 Å². The van der Waals surface area contributed by atoms with Crippen LogP contribution in [0.4, 0.5) is 4.79 Å².